The van der Waals surface area contributed by atoms with Crippen molar-refractivity contribution in [2.75, 3.05) is 6.61 Å². The first-order chi connectivity index (χ1) is 13.9. The number of carbonyl (C=O) groups is 1. The number of hydrogen-bond donors (Lipinski definition) is 1. The molecule has 6 nitrogen and oxygen atoms in total. The molecular formula is C19H13Br2ClN2O4S. The summed E-state index contributed by atoms with van der Waals surface area (Å²) in [6, 6.07) is 10.5. The number of rotatable bonds is 7. The number of aliphatic carboxylic acids is 1. The Kier molecular flexibility index (Phi) is 7.39. The highest BCUT2D eigenvalue weighted by molar-refractivity contribution is 9.11. The first-order valence-electron chi connectivity index (χ1n) is 8.21. The Morgan fingerprint density at radius 2 is 2.00 bits per heavy atom. The molecule has 0 saturated carbocycles. The fourth-order valence-corrected chi connectivity index (χ4v) is 4.48. The number of halogens is 3. The molecule has 0 amide bonds. The van der Waals surface area contributed by atoms with Crippen molar-refractivity contribution < 1.29 is 19.1 Å². The van der Waals surface area contributed by atoms with Crippen molar-refractivity contribution in [1.82, 2.24) is 10.2 Å². The van der Waals surface area contributed by atoms with Gasteiger partial charge in [0.25, 0.3) is 5.22 Å². The molecule has 0 saturated heterocycles. The second-order valence-electron chi connectivity index (χ2n) is 5.53. The zero-order chi connectivity index (χ0) is 21.0. The summed E-state index contributed by atoms with van der Waals surface area (Å²) in [5, 5.41) is 18.2. The van der Waals surface area contributed by atoms with Crippen LogP contribution in [0.25, 0.3) is 17.5 Å². The van der Waals surface area contributed by atoms with Crippen LogP contribution in [-0.2, 0) is 4.79 Å². The van der Waals surface area contributed by atoms with Gasteiger partial charge in [-0.2, -0.15) is 0 Å². The SMILES string of the molecule is CCOc1c(Br)cc(Br)cc1/C=C(\Sc1nnc(-c2ccc(Cl)cc2)o1)C(=O)O. The molecule has 0 aliphatic carbocycles. The lowest BCUT2D eigenvalue weighted by molar-refractivity contribution is -0.131. The summed E-state index contributed by atoms with van der Waals surface area (Å²) < 4.78 is 12.7. The van der Waals surface area contributed by atoms with Gasteiger partial charge in [0, 0.05) is 20.6 Å². The van der Waals surface area contributed by atoms with E-state index in [0.717, 1.165) is 16.2 Å². The molecule has 29 heavy (non-hydrogen) atoms. The van der Waals surface area contributed by atoms with E-state index in [1.807, 2.05) is 13.0 Å². The van der Waals surface area contributed by atoms with Gasteiger partial charge in [0.2, 0.25) is 5.89 Å². The van der Waals surface area contributed by atoms with Crippen LogP contribution in [0.5, 0.6) is 5.75 Å². The smallest absolute Gasteiger partial charge is 0.342 e. The third-order valence-electron chi connectivity index (χ3n) is 3.52. The Hall–Kier alpha value is -1.81. The average Bonchev–Trinajstić information content (AvgIpc) is 3.13. The second kappa shape index (κ2) is 9.80. The molecule has 0 fully saturated rings. The number of benzene rings is 2. The fraction of sp³-hybridized carbons (Fsp3) is 0.105. The van der Waals surface area contributed by atoms with Gasteiger partial charge in [-0.3, -0.25) is 0 Å². The number of aromatic nitrogens is 2. The van der Waals surface area contributed by atoms with Crippen LogP contribution >= 0.6 is 55.2 Å². The molecule has 10 heteroatoms. The third-order valence-corrected chi connectivity index (χ3v) is 5.67. The third kappa shape index (κ3) is 5.63. The van der Waals surface area contributed by atoms with E-state index >= 15 is 0 Å². The van der Waals surface area contributed by atoms with Crippen molar-refractivity contribution in [1.29, 1.82) is 0 Å². The number of hydrogen-bond acceptors (Lipinski definition) is 6. The highest BCUT2D eigenvalue weighted by Crippen LogP contribution is 2.37. The fourth-order valence-electron chi connectivity index (χ4n) is 2.31. The van der Waals surface area contributed by atoms with Gasteiger partial charge in [-0.1, -0.05) is 27.5 Å². The molecule has 0 atom stereocenters. The predicted octanol–water partition coefficient (Wildman–Crippen LogP) is 6.53. The van der Waals surface area contributed by atoms with Crippen molar-refractivity contribution >= 4 is 67.3 Å². The zero-order valence-corrected chi connectivity index (χ0v) is 19.6. The predicted molar refractivity (Wildman–Crippen MR) is 119 cm³/mol. The van der Waals surface area contributed by atoms with Gasteiger partial charge in [0.15, 0.2) is 0 Å². The van der Waals surface area contributed by atoms with Gasteiger partial charge in [0.05, 0.1) is 11.1 Å². The summed E-state index contributed by atoms with van der Waals surface area (Å²) in [7, 11) is 0. The Morgan fingerprint density at radius 3 is 2.66 bits per heavy atom. The van der Waals surface area contributed by atoms with Crippen LogP contribution in [-0.4, -0.2) is 27.9 Å². The minimum Gasteiger partial charge on any atom is -0.492 e. The van der Waals surface area contributed by atoms with E-state index in [4.69, 9.17) is 20.8 Å². The Labute approximate surface area is 192 Å². The molecule has 0 aliphatic heterocycles. The van der Waals surface area contributed by atoms with Crippen LogP contribution in [0.15, 0.2) is 59.9 Å². The molecular weight excluding hydrogens is 548 g/mol. The Morgan fingerprint density at radius 1 is 1.28 bits per heavy atom. The Bertz CT molecular complexity index is 1070. The van der Waals surface area contributed by atoms with Crippen molar-refractivity contribution in [3.05, 3.63) is 60.8 Å². The van der Waals surface area contributed by atoms with Gasteiger partial charge in [-0.15, -0.1) is 10.2 Å². The highest BCUT2D eigenvalue weighted by Gasteiger charge is 2.18. The summed E-state index contributed by atoms with van der Waals surface area (Å²) in [5.74, 6) is -0.309. The van der Waals surface area contributed by atoms with Crippen molar-refractivity contribution in [2.24, 2.45) is 0 Å². The molecule has 0 spiro atoms. The number of carboxylic acids is 1. The second-order valence-corrected chi connectivity index (χ2v) is 8.73. The molecule has 3 rings (SSSR count). The number of ether oxygens (including phenoxy) is 1. The normalized spacial score (nSPS) is 11.5. The summed E-state index contributed by atoms with van der Waals surface area (Å²) in [6.07, 6.45) is 1.50. The number of carboxylic acid groups (broad SMARTS) is 1. The van der Waals surface area contributed by atoms with E-state index in [0.29, 0.717) is 33.0 Å². The standard InChI is InChI=1S/C19H13Br2ClN2O4S/c1-2-27-16-11(7-12(20)9-14(16)21)8-15(18(25)26)29-19-24-23-17(28-19)10-3-5-13(22)6-4-10/h3-9H,2H2,1H3,(H,25,26)/b15-8-. The lowest BCUT2D eigenvalue weighted by atomic mass is 10.2. The van der Waals surface area contributed by atoms with Crippen molar-refractivity contribution in [2.45, 2.75) is 12.1 Å². The maximum absolute atomic E-state index is 11.8. The summed E-state index contributed by atoms with van der Waals surface area (Å²) >= 11 is 13.6. The first-order valence-corrected chi connectivity index (χ1v) is 11.0. The van der Waals surface area contributed by atoms with E-state index in [2.05, 4.69) is 42.1 Å². The van der Waals surface area contributed by atoms with Crippen LogP contribution in [0.1, 0.15) is 12.5 Å². The zero-order valence-electron chi connectivity index (χ0n) is 14.9. The molecule has 0 aliphatic rings. The monoisotopic (exact) mass is 558 g/mol. The molecule has 3 aromatic rings. The van der Waals surface area contributed by atoms with Crippen LogP contribution in [0.2, 0.25) is 5.02 Å². The topological polar surface area (TPSA) is 85.5 Å². The minimum absolute atomic E-state index is 0.00209. The highest BCUT2D eigenvalue weighted by atomic mass is 79.9. The maximum Gasteiger partial charge on any atom is 0.342 e. The minimum atomic E-state index is -1.13. The quantitative estimate of drug-likeness (QED) is 0.260. The van der Waals surface area contributed by atoms with Crippen LogP contribution in [0.3, 0.4) is 0 Å². The molecule has 0 unspecified atom stereocenters. The largest absolute Gasteiger partial charge is 0.492 e. The molecule has 2 aromatic carbocycles. The van der Waals surface area contributed by atoms with E-state index in [9.17, 15) is 9.90 Å². The van der Waals surface area contributed by atoms with E-state index in [1.165, 1.54) is 6.08 Å². The average molecular weight is 561 g/mol. The van der Waals surface area contributed by atoms with Crippen LogP contribution < -0.4 is 4.74 Å². The van der Waals surface area contributed by atoms with Crippen LogP contribution in [0.4, 0.5) is 0 Å². The van der Waals surface area contributed by atoms with Crippen LogP contribution in [0, 0.1) is 0 Å². The van der Waals surface area contributed by atoms with E-state index in [-0.39, 0.29) is 16.0 Å². The molecule has 1 N–H and O–H groups in total. The van der Waals surface area contributed by atoms with Gasteiger partial charge >= 0.3 is 5.97 Å². The molecule has 0 radical (unpaired) electrons. The Balaban J connectivity index is 1.92. The summed E-state index contributed by atoms with van der Waals surface area (Å²) in [4.78, 5) is 11.8. The van der Waals surface area contributed by atoms with E-state index in [1.54, 1.807) is 30.3 Å². The summed E-state index contributed by atoms with van der Waals surface area (Å²) in [6.45, 7) is 2.29. The molecule has 1 heterocycles. The lowest BCUT2D eigenvalue weighted by Gasteiger charge is -2.11. The van der Waals surface area contributed by atoms with Gasteiger partial charge < -0.3 is 14.3 Å². The number of thioether (sulfide) groups is 1. The summed E-state index contributed by atoms with van der Waals surface area (Å²) in [5.41, 5.74) is 1.28. The number of nitrogens with zero attached hydrogens (tertiary/aromatic N) is 2. The van der Waals surface area contributed by atoms with Crippen molar-refractivity contribution in [3.8, 4) is 17.2 Å². The molecule has 150 valence electrons. The van der Waals surface area contributed by atoms with Crippen molar-refractivity contribution in [3.63, 3.8) is 0 Å². The molecule has 0 bridgehead atoms. The maximum atomic E-state index is 11.8. The van der Waals surface area contributed by atoms with Gasteiger partial charge in [-0.25, -0.2) is 4.79 Å². The van der Waals surface area contributed by atoms with Gasteiger partial charge in [0.1, 0.15) is 10.7 Å². The van der Waals surface area contributed by atoms with Gasteiger partial charge in [-0.05, 0) is 77.1 Å². The lowest BCUT2D eigenvalue weighted by Crippen LogP contribution is -1.99. The van der Waals surface area contributed by atoms with E-state index < -0.39 is 5.97 Å². The first kappa shape index (κ1) is 21.9. The molecule has 1 aromatic heterocycles.